The van der Waals surface area contributed by atoms with Crippen molar-refractivity contribution in [3.8, 4) is 0 Å². The van der Waals surface area contributed by atoms with Gasteiger partial charge in [-0.25, -0.2) is 4.79 Å². The fourth-order valence-corrected chi connectivity index (χ4v) is 2.24. The second-order valence-electron chi connectivity index (χ2n) is 4.71. The molecule has 0 fully saturated rings. The van der Waals surface area contributed by atoms with E-state index < -0.39 is 24.4 Å². The number of esters is 1. The van der Waals surface area contributed by atoms with Crippen LogP contribution in [0.3, 0.4) is 0 Å². The normalized spacial score (nSPS) is 10.0. The van der Waals surface area contributed by atoms with Crippen LogP contribution in [0.2, 0.25) is 10.0 Å². The molecule has 2 aromatic rings. The molecule has 9 heteroatoms. The number of benzene rings is 2. The lowest BCUT2D eigenvalue weighted by Crippen LogP contribution is -2.43. The quantitative estimate of drug-likeness (QED) is 0.558. The monoisotopic (exact) mass is 444 g/mol. The molecule has 0 bridgehead atoms. The molecule has 0 aliphatic carbocycles. The van der Waals surface area contributed by atoms with Gasteiger partial charge in [0.15, 0.2) is 6.61 Å². The van der Waals surface area contributed by atoms with Crippen molar-refractivity contribution < 1.29 is 19.1 Å². The van der Waals surface area contributed by atoms with Gasteiger partial charge in [0.05, 0.1) is 15.6 Å². The van der Waals surface area contributed by atoms with Crippen LogP contribution in [-0.4, -0.2) is 24.4 Å². The first kappa shape index (κ1) is 19.2. The Kier molecular flexibility index (Phi) is 6.81. The van der Waals surface area contributed by atoms with Gasteiger partial charge in [-0.2, -0.15) is 0 Å². The van der Waals surface area contributed by atoms with Crippen molar-refractivity contribution >= 4 is 56.9 Å². The summed E-state index contributed by atoms with van der Waals surface area (Å²) >= 11 is 14.8. The van der Waals surface area contributed by atoms with Crippen LogP contribution in [0.5, 0.6) is 0 Å². The van der Waals surface area contributed by atoms with E-state index in [2.05, 4.69) is 26.8 Å². The number of ether oxygens (including phenoxy) is 1. The van der Waals surface area contributed by atoms with Crippen molar-refractivity contribution in [2.75, 3.05) is 6.61 Å². The molecular weight excluding hydrogens is 435 g/mol. The van der Waals surface area contributed by atoms with Gasteiger partial charge in [0, 0.05) is 10.0 Å². The van der Waals surface area contributed by atoms with Crippen molar-refractivity contribution in [1.29, 1.82) is 0 Å². The van der Waals surface area contributed by atoms with Crippen molar-refractivity contribution in [3.63, 3.8) is 0 Å². The zero-order valence-corrected chi connectivity index (χ0v) is 15.6. The van der Waals surface area contributed by atoms with Gasteiger partial charge in [0.1, 0.15) is 0 Å². The highest BCUT2D eigenvalue weighted by molar-refractivity contribution is 9.10. The molecule has 25 heavy (non-hydrogen) atoms. The van der Waals surface area contributed by atoms with Gasteiger partial charge in [-0.1, -0.05) is 39.1 Å². The number of carbonyl (C=O) groups is 3. The average molecular weight is 446 g/mol. The highest BCUT2D eigenvalue weighted by atomic mass is 79.9. The van der Waals surface area contributed by atoms with Crippen molar-refractivity contribution in [2.45, 2.75) is 0 Å². The number of rotatable bonds is 4. The summed E-state index contributed by atoms with van der Waals surface area (Å²) in [6.45, 7) is -0.570. The first-order chi connectivity index (χ1) is 11.9. The number of hydrogen-bond acceptors (Lipinski definition) is 4. The Bertz CT molecular complexity index is 812. The summed E-state index contributed by atoms with van der Waals surface area (Å²) < 4.78 is 5.65. The lowest BCUT2D eigenvalue weighted by Gasteiger charge is -2.08. The van der Waals surface area contributed by atoms with E-state index in [1.807, 2.05) is 0 Å². The smallest absolute Gasteiger partial charge is 0.338 e. The Morgan fingerprint density at radius 1 is 0.920 bits per heavy atom. The van der Waals surface area contributed by atoms with E-state index in [1.165, 1.54) is 18.2 Å². The molecule has 2 N–H and O–H groups in total. The largest absolute Gasteiger partial charge is 0.452 e. The number of hydrazine groups is 1. The lowest BCUT2D eigenvalue weighted by atomic mass is 10.2. The van der Waals surface area contributed by atoms with Gasteiger partial charge >= 0.3 is 5.97 Å². The molecule has 6 nitrogen and oxygen atoms in total. The van der Waals surface area contributed by atoms with E-state index >= 15 is 0 Å². The predicted octanol–water partition coefficient (Wildman–Crippen LogP) is 3.37. The molecule has 0 aliphatic heterocycles. The Labute approximate surface area is 161 Å². The highest BCUT2D eigenvalue weighted by Crippen LogP contribution is 2.22. The van der Waals surface area contributed by atoms with Gasteiger partial charge in [0.25, 0.3) is 11.8 Å². The van der Waals surface area contributed by atoms with Crippen LogP contribution >= 0.6 is 39.1 Å². The fraction of sp³-hybridized carbons (Fsp3) is 0.0625. The van der Waals surface area contributed by atoms with Gasteiger partial charge in [-0.05, 0) is 42.5 Å². The third-order valence-corrected chi connectivity index (χ3v) is 4.18. The molecule has 2 amide bonds. The zero-order chi connectivity index (χ0) is 18.4. The summed E-state index contributed by atoms with van der Waals surface area (Å²) in [4.78, 5) is 35.3. The first-order valence-corrected chi connectivity index (χ1v) is 8.38. The van der Waals surface area contributed by atoms with Gasteiger partial charge < -0.3 is 4.74 Å². The molecule has 0 heterocycles. The molecule has 2 aromatic carbocycles. The van der Waals surface area contributed by atoms with E-state index in [0.29, 0.717) is 10.6 Å². The standard InChI is InChI=1S/C16H11BrCl2N2O4/c17-11-4-1-9(2-5-11)15(23)21-20-14(22)8-25-16(24)10-3-6-12(18)13(19)7-10/h1-7H,8H2,(H,20,22)(H,21,23). The van der Waals surface area contributed by atoms with Crippen LogP contribution in [0, 0.1) is 0 Å². The topological polar surface area (TPSA) is 84.5 Å². The maximum Gasteiger partial charge on any atom is 0.338 e. The van der Waals surface area contributed by atoms with Crippen LogP contribution in [-0.2, 0) is 9.53 Å². The van der Waals surface area contributed by atoms with Crippen molar-refractivity contribution in [2.24, 2.45) is 0 Å². The minimum absolute atomic E-state index is 0.154. The van der Waals surface area contributed by atoms with E-state index in [0.717, 1.165) is 4.47 Å². The number of halogens is 3. The van der Waals surface area contributed by atoms with Crippen LogP contribution < -0.4 is 10.9 Å². The Hall–Kier alpha value is -2.09. The van der Waals surface area contributed by atoms with E-state index in [4.69, 9.17) is 27.9 Å². The minimum atomic E-state index is -0.743. The maximum absolute atomic E-state index is 11.8. The summed E-state index contributed by atoms with van der Waals surface area (Å²) in [7, 11) is 0. The third kappa shape index (κ3) is 5.74. The van der Waals surface area contributed by atoms with Crippen LogP contribution in [0.1, 0.15) is 20.7 Å². The Morgan fingerprint density at radius 3 is 2.20 bits per heavy atom. The number of hydrogen-bond donors (Lipinski definition) is 2. The van der Waals surface area contributed by atoms with Gasteiger partial charge in [0.2, 0.25) is 0 Å². The molecule has 130 valence electrons. The third-order valence-electron chi connectivity index (χ3n) is 2.91. The maximum atomic E-state index is 11.8. The Morgan fingerprint density at radius 2 is 1.56 bits per heavy atom. The number of nitrogens with one attached hydrogen (secondary N) is 2. The minimum Gasteiger partial charge on any atom is -0.452 e. The summed E-state index contributed by atoms with van der Waals surface area (Å²) in [6, 6.07) is 10.7. The van der Waals surface area contributed by atoms with Crippen LogP contribution in [0.25, 0.3) is 0 Å². The van der Waals surface area contributed by atoms with E-state index in [9.17, 15) is 14.4 Å². The zero-order valence-electron chi connectivity index (χ0n) is 12.5. The lowest BCUT2D eigenvalue weighted by molar-refractivity contribution is -0.125. The molecule has 0 saturated carbocycles. The summed E-state index contributed by atoms with van der Waals surface area (Å²) in [5, 5.41) is 0.494. The molecule has 0 atom stereocenters. The first-order valence-electron chi connectivity index (χ1n) is 6.84. The SMILES string of the molecule is O=C(COC(=O)c1ccc(Cl)c(Cl)c1)NNC(=O)c1ccc(Br)cc1. The van der Waals surface area contributed by atoms with Crippen LogP contribution in [0.4, 0.5) is 0 Å². The molecule has 0 saturated heterocycles. The Balaban J connectivity index is 1.80. The average Bonchev–Trinajstić information content (AvgIpc) is 2.60. The van der Waals surface area contributed by atoms with E-state index in [-0.39, 0.29) is 10.6 Å². The number of amides is 2. The summed E-state index contributed by atoms with van der Waals surface area (Å²) in [5.74, 6) is -1.94. The summed E-state index contributed by atoms with van der Waals surface area (Å²) in [6.07, 6.45) is 0. The molecule has 0 aliphatic rings. The van der Waals surface area contributed by atoms with Crippen molar-refractivity contribution in [1.82, 2.24) is 10.9 Å². The van der Waals surface area contributed by atoms with Gasteiger partial charge in [-0.3, -0.25) is 20.4 Å². The predicted molar refractivity (Wildman–Crippen MR) is 96.5 cm³/mol. The number of carbonyl (C=O) groups excluding carboxylic acids is 3. The second-order valence-corrected chi connectivity index (χ2v) is 6.44. The van der Waals surface area contributed by atoms with Crippen molar-refractivity contribution in [3.05, 3.63) is 68.1 Å². The molecule has 0 radical (unpaired) electrons. The van der Waals surface area contributed by atoms with E-state index in [1.54, 1.807) is 24.3 Å². The summed E-state index contributed by atoms with van der Waals surface area (Å²) in [5.41, 5.74) is 4.87. The highest BCUT2D eigenvalue weighted by Gasteiger charge is 2.13. The van der Waals surface area contributed by atoms with Gasteiger partial charge in [-0.15, -0.1) is 0 Å². The molecule has 0 unspecified atom stereocenters. The second kappa shape index (κ2) is 8.84. The molecule has 0 spiro atoms. The van der Waals surface area contributed by atoms with Crippen LogP contribution in [0.15, 0.2) is 46.9 Å². The fourth-order valence-electron chi connectivity index (χ4n) is 1.67. The molecular formula is C16H11BrCl2N2O4. The molecule has 2 rings (SSSR count). The molecule has 0 aromatic heterocycles.